The predicted octanol–water partition coefficient (Wildman–Crippen LogP) is 3.08. The van der Waals surface area contributed by atoms with E-state index in [0.717, 1.165) is 28.0 Å². The van der Waals surface area contributed by atoms with Crippen molar-refractivity contribution in [2.75, 3.05) is 26.2 Å². The van der Waals surface area contributed by atoms with Crippen LogP contribution in [-0.4, -0.2) is 52.5 Å². The van der Waals surface area contributed by atoms with Gasteiger partial charge in [-0.15, -0.1) is 0 Å². The third kappa shape index (κ3) is 3.62. The smallest absolute Gasteiger partial charge is 0.314 e. The highest BCUT2D eigenvalue weighted by molar-refractivity contribution is 9.10. The number of halogens is 1. The molecular weight excluding hydrogens is 396 g/mol. The van der Waals surface area contributed by atoms with Crippen molar-refractivity contribution in [3.63, 3.8) is 0 Å². The molecule has 0 bridgehead atoms. The first-order valence-electron chi connectivity index (χ1n) is 8.67. The van der Waals surface area contributed by atoms with Gasteiger partial charge in [-0.3, -0.25) is 4.79 Å². The molecule has 7 heteroatoms. The van der Waals surface area contributed by atoms with Gasteiger partial charge in [-0.2, -0.15) is 0 Å². The average Bonchev–Trinajstić information content (AvgIpc) is 2.77. The lowest BCUT2D eigenvalue weighted by atomic mass is 10.2. The Morgan fingerprint density at radius 3 is 2.42 bits per heavy atom. The standard InChI is InChI=1S/C19H23BrN4O2/c1-13-11-17(14(2)24(13)16-6-3-5-15(20)12-16)18(25)22-7-4-8-23(10-9-22)19(21)26/h3,5-6,11-12H,4,7-10H2,1-2H3,(H2,21,26). The maximum atomic E-state index is 13.1. The molecule has 1 aliphatic rings. The molecule has 0 spiro atoms. The molecule has 0 unspecified atom stereocenters. The molecule has 2 N–H and O–H groups in total. The van der Waals surface area contributed by atoms with Crippen molar-refractivity contribution in [3.05, 3.63) is 51.8 Å². The molecule has 1 fully saturated rings. The lowest BCUT2D eigenvalue weighted by Gasteiger charge is -2.21. The molecule has 1 aliphatic heterocycles. The van der Waals surface area contributed by atoms with Crippen LogP contribution in [0.4, 0.5) is 4.79 Å². The number of aryl methyl sites for hydroxylation is 1. The number of carbonyl (C=O) groups is 2. The van der Waals surface area contributed by atoms with E-state index in [1.165, 1.54) is 0 Å². The molecule has 1 aromatic heterocycles. The number of aromatic nitrogens is 1. The molecule has 6 nitrogen and oxygen atoms in total. The normalized spacial score (nSPS) is 15.0. The Morgan fingerprint density at radius 2 is 1.73 bits per heavy atom. The molecule has 0 atom stereocenters. The number of hydrogen-bond acceptors (Lipinski definition) is 2. The minimum atomic E-state index is -0.424. The van der Waals surface area contributed by atoms with Gasteiger partial charge in [-0.25, -0.2) is 4.79 Å². The van der Waals surface area contributed by atoms with Crippen LogP contribution in [0.2, 0.25) is 0 Å². The van der Waals surface area contributed by atoms with Crippen molar-refractivity contribution in [1.82, 2.24) is 14.4 Å². The van der Waals surface area contributed by atoms with Gasteiger partial charge in [0.25, 0.3) is 5.91 Å². The quantitative estimate of drug-likeness (QED) is 0.813. The monoisotopic (exact) mass is 418 g/mol. The molecule has 2 aromatic rings. The number of nitrogens with zero attached hydrogens (tertiary/aromatic N) is 3. The van der Waals surface area contributed by atoms with Gasteiger partial charge in [0.1, 0.15) is 0 Å². The van der Waals surface area contributed by atoms with Crippen LogP contribution in [0.5, 0.6) is 0 Å². The van der Waals surface area contributed by atoms with Crippen LogP contribution in [0, 0.1) is 13.8 Å². The number of urea groups is 1. The third-order valence-corrected chi connectivity index (χ3v) is 5.32. The SMILES string of the molecule is Cc1cc(C(=O)N2CCCN(C(N)=O)CC2)c(C)n1-c1cccc(Br)c1. The summed E-state index contributed by atoms with van der Waals surface area (Å²) in [6, 6.07) is 9.53. The number of rotatable bonds is 2. The summed E-state index contributed by atoms with van der Waals surface area (Å²) in [4.78, 5) is 27.9. The van der Waals surface area contributed by atoms with Crippen molar-refractivity contribution >= 4 is 27.9 Å². The molecule has 3 amide bonds. The van der Waals surface area contributed by atoms with Crippen LogP contribution < -0.4 is 5.73 Å². The van der Waals surface area contributed by atoms with Gasteiger partial charge in [0, 0.05) is 47.7 Å². The van der Waals surface area contributed by atoms with Gasteiger partial charge in [-0.1, -0.05) is 22.0 Å². The number of primary amides is 1. The van der Waals surface area contributed by atoms with E-state index in [-0.39, 0.29) is 5.91 Å². The summed E-state index contributed by atoms with van der Waals surface area (Å²) in [7, 11) is 0. The largest absolute Gasteiger partial charge is 0.351 e. The van der Waals surface area contributed by atoms with Gasteiger partial charge < -0.3 is 20.1 Å². The molecule has 1 aromatic carbocycles. The van der Waals surface area contributed by atoms with Crippen LogP contribution in [0.1, 0.15) is 28.2 Å². The van der Waals surface area contributed by atoms with E-state index >= 15 is 0 Å². The number of carbonyl (C=O) groups excluding carboxylic acids is 2. The first-order valence-corrected chi connectivity index (χ1v) is 9.46. The number of nitrogens with two attached hydrogens (primary N) is 1. The maximum absolute atomic E-state index is 13.1. The number of amides is 3. The summed E-state index contributed by atoms with van der Waals surface area (Å²) in [5.74, 6) is 0.00525. The number of benzene rings is 1. The fraction of sp³-hybridized carbons (Fsp3) is 0.368. The Balaban J connectivity index is 1.87. The maximum Gasteiger partial charge on any atom is 0.314 e. The second-order valence-corrected chi connectivity index (χ2v) is 7.49. The summed E-state index contributed by atoms with van der Waals surface area (Å²) in [6.07, 6.45) is 0.735. The third-order valence-electron chi connectivity index (χ3n) is 4.82. The van der Waals surface area contributed by atoms with Crippen molar-refractivity contribution in [3.8, 4) is 5.69 Å². The van der Waals surface area contributed by atoms with Crippen molar-refractivity contribution in [2.45, 2.75) is 20.3 Å². The van der Waals surface area contributed by atoms with Gasteiger partial charge in [0.05, 0.1) is 5.56 Å². The zero-order valence-corrected chi connectivity index (χ0v) is 16.6. The first kappa shape index (κ1) is 18.5. The zero-order valence-electron chi connectivity index (χ0n) is 15.0. The van der Waals surface area contributed by atoms with Gasteiger partial charge >= 0.3 is 6.03 Å². The van der Waals surface area contributed by atoms with E-state index in [0.29, 0.717) is 31.7 Å². The van der Waals surface area contributed by atoms with Crippen molar-refractivity contribution in [1.29, 1.82) is 0 Å². The molecule has 1 saturated heterocycles. The summed E-state index contributed by atoms with van der Waals surface area (Å²) in [5.41, 5.74) is 9.02. The highest BCUT2D eigenvalue weighted by Crippen LogP contribution is 2.24. The summed E-state index contributed by atoms with van der Waals surface area (Å²) >= 11 is 3.50. The Labute approximate surface area is 161 Å². The van der Waals surface area contributed by atoms with Crippen LogP contribution in [0.15, 0.2) is 34.8 Å². The molecular formula is C19H23BrN4O2. The van der Waals surface area contributed by atoms with Crippen LogP contribution >= 0.6 is 15.9 Å². The predicted molar refractivity (Wildman–Crippen MR) is 105 cm³/mol. The van der Waals surface area contributed by atoms with E-state index < -0.39 is 6.03 Å². The fourth-order valence-electron chi connectivity index (χ4n) is 3.50. The minimum Gasteiger partial charge on any atom is -0.351 e. The highest BCUT2D eigenvalue weighted by atomic mass is 79.9. The molecule has 3 rings (SSSR count). The van der Waals surface area contributed by atoms with E-state index in [4.69, 9.17) is 5.73 Å². The van der Waals surface area contributed by atoms with Gasteiger partial charge in [-0.05, 0) is 44.5 Å². The van der Waals surface area contributed by atoms with Crippen LogP contribution in [0.25, 0.3) is 5.69 Å². The van der Waals surface area contributed by atoms with Gasteiger partial charge in [0.2, 0.25) is 0 Å². The molecule has 26 heavy (non-hydrogen) atoms. The van der Waals surface area contributed by atoms with Crippen LogP contribution in [0.3, 0.4) is 0 Å². The van der Waals surface area contributed by atoms with Crippen molar-refractivity contribution < 1.29 is 9.59 Å². The van der Waals surface area contributed by atoms with E-state index in [9.17, 15) is 9.59 Å². The molecule has 0 saturated carbocycles. The average molecular weight is 419 g/mol. The lowest BCUT2D eigenvalue weighted by molar-refractivity contribution is 0.0762. The Morgan fingerprint density at radius 1 is 1.04 bits per heavy atom. The minimum absolute atomic E-state index is 0.00525. The summed E-state index contributed by atoms with van der Waals surface area (Å²) in [6.45, 7) is 6.17. The second-order valence-electron chi connectivity index (χ2n) is 6.57. The number of hydrogen-bond donors (Lipinski definition) is 1. The Hall–Kier alpha value is -2.28. The summed E-state index contributed by atoms with van der Waals surface area (Å²) in [5, 5.41) is 0. The Bertz CT molecular complexity index is 846. The molecule has 2 heterocycles. The topological polar surface area (TPSA) is 71.6 Å². The van der Waals surface area contributed by atoms with Gasteiger partial charge in [0.15, 0.2) is 0 Å². The first-order chi connectivity index (χ1) is 12.4. The van der Waals surface area contributed by atoms with Crippen molar-refractivity contribution in [2.24, 2.45) is 5.73 Å². The fourth-order valence-corrected chi connectivity index (χ4v) is 3.89. The Kier molecular flexibility index (Phi) is 5.36. The molecule has 0 aliphatic carbocycles. The summed E-state index contributed by atoms with van der Waals surface area (Å²) < 4.78 is 3.08. The van der Waals surface area contributed by atoms with E-state index in [1.807, 2.05) is 49.1 Å². The lowest BCUT2D eigenvalue weighted by Crippen LogP contribution is -2.39. The second kappa shape index (κ2) is 7.53. The highest BCUT2D eigenvalue weighted by Gasteiger charge is 2.25. The van der Waals surface area contributed by atoms with Crippen LogP contribution in [-0.2, 0) is 0 Å². The van der Waals surface area contributed by atoms with E-state index in [1.54, 1.807) is 4.90 Å². The molecule has 138 valence electrons. The zero-order chi connectivity index (χ0) is 18.8. The molecule has 0 radical (unpaired) electrons. The van der Waals surface area contributed by atoms with E-state index in [2.05, 4.69) is 20.5 Å².